The Morgan fingerprint density at radius 1 is 1.29 bits per heavy atom. The Labute approximate surface area is 128 Å². The lowest BCUT2D eigenvalue weighted by molar-refractivity contribution is 0.100. The maximum Gasteiger partial charge on any atom is 0.248 e. The molecule has 0 atom stereocenters. The van der Waals surface area contributed by atoms with Crippen LogP contribution in [0.15, 0.2) is 42.5 Å². The van der Waals surface area contributed by atoms with Gasteiger partial charge in [-0.25, -0.2) is 0 Å². The van der Waals surface area contributed by atoms with Crippen molar-refractivity contribution in [1.82, 2.24) is 0 Å². The minimum Gasteiger partial charge on any atom is -0.494 e. The number of rotatable bonds is 6. The van der Waals surface area contributed by atoms with Gasteiger partial charge in [-0.05, 0) is 31.2 Å². The Hall–Kier alpha value is -2.20. The number of primary amides is 1. The second-order valence-corrected chi connectivity index (χ2v) is 4.86. The fourth-order valence-electron chi connectivity index (χ4n) is 1.95. The molecule has 0 aliphatic heterocycles. The van der Waals surface area contributed by atoms with Crippen LogP contribution in [0.1, 0.15) is 22.8 Å². The Morgan fingerprint density at radius 3 is 2.76 bits per heavy atom. The lowest BCUT2D eigenvalue weighted by Gasteiger charge is -2.13. The molecule has 1 amide bonds. The van der Waals surface area contributed by atoms with E-state index in [1.54, 1.807) is 18.2 Å². The average Bonchev–Trinajstić information content (AvgIpc) is 2.48. The number of carbonyl (C=O) groups is 1. The fourth-order valence-corrected chi connectivity index (χ4v) is 2.14. The summed E-state index contributed by atoms with van der Waals surface area (Å²) < 4.78 is 5.57. The monoisotopic (exact) mass is 304 g/mol. The molecule has 110 valence electrons. The quantitative estimate of drug-likeness (QED) is 0.859. The van der Waals surface area contributed by atoms with Crippen LogP contribution < -0.4 is 15.8 Å². The normalized spacial score (nSPS) is 10.2. The van der Waals surface area contributed by atoms with Crippen molar-refractivity contribution in [1.29, 1.82) is 0 Å². The van der Waals surface area contributed by atoms with Crippen molar-refractivity contribution in [2.75, 3.05) is 11.9 Å². The summed E-state index contributed by atoms with van der Waals surface area (Å²) in [6, 6.07) is 12.7. The van der Waals surface area contributed by atoms with Crippen molar-refractivity contribution in [2.45, 2.75) is 13.5 Å². The zero-order valence-corrected chi connectivity index (χ0v) is 12.5. The summed E-state index contributed by atoms with van der Waals surface area (Å²) in [5.41, 5.74) is 7.37. The van der Waals surface area contributed by atoms with Crippen LogP contribution in [0.5, 0.6) is 5.75 Å². The predicted octanol–water partition coefficient (Wildman–Crippen LogP) is 3.45. The average molecular weight is 305 g/mol. The largest absolute Gasteiger partial charge is 0.494 e. The lowest BCUT2D eigenvalue weighted by atomic mass is 10.1. The molecule has 0 aromatic heterocycles. The van der Waals surface area contributed by atoms with Crippen molar-refractivity contribution in [3.63, 3.8) is 0 Å². The van der Waals surface area contributed by atoms with Gasteiger partial charge in [0.15, 0.2) is 0 Å². The molecule has 0 spiro atoms. The summed E-state index contributed by atoms with van der Waals surface area (Å²) in [6.45, 7) is 3.09. The van der Waals surface area contributed by atoms with E-state index in [1.165, 1.54) is 0 Å². The number of carbonyl (C=O) groups excluding carboxylic acids is 1. The predicted molar refractivity (Wildman–Crippen MR) is 84.9 cm³/mol. The van der Waals surface area contributed by atoms with Gasteiger partial charge in [0.25, 0.3) is 0 Å². The number of halogens is 1. The standard InChI is InChI=1S/C16H17ClN2O2/c1-2-21-15-6-4-3-5-12(15)10-19-14-9-11(16(18)20)7-8-13(14)17/h3-9,19H,2,10H2,1H3,(H2,18,20). The summed E-state index contributed by atoms with van der Waals surface area (Å²) in [4.78, 5) is 11.2. The molecule has 0 fully saturated rings. The third-order valence-corrected chi connectivity index (χ3v) is 3.32. The number of amides is 1. The van der Waals surface area contributed by atoms with Gasteiger partial charge in [-0.3, -0.25) is 4.79 Å². The number of hydrogen-bond acceptors (Lipinski definition) is 3. The van der Waals surface area contributed by atoms with Crippen LogP contribution in [0.4, 0.5) is 5.69 Å². The molecule has 4 nitrogen and oxygen atoms in total. The van der Waals surface area contributed by atoms with E-state index in [4.69, 9.17) is 22.1 Å². The van der Waals surface area contributed by atoms with Gasteiger partial charge >= 0.3 is 0 Å². The van der Waals surface area contributed by atoms with E-state index >= 15 is 0 Å². The second-order valence-electron chi connectivity index (χ2n) is 4.45. The van der Waals surface area contributed by atoms with Crippen LogP contribution in [0.25, 0.3) is 0 Å². The summed E-state index contributed by atoms with van der Waals surface area (Å²) in [7, 11) is 0. The number of nitrogens with one attached hydrogen (secondary N) is 1. The summed E-state index contributed by atoms with van der Waals surface area (Å²) in [6.07, 6.45) is 0. The molecule has 0 radical (unpaired) electrons. The molecule has 0 heterocycles. The highest BCUT2D eigenvalue weighted by Crippen LogP contribution is 2.25. The van der Waals surface area contributed by atoms with E-state index in [0.29, 0.717) is 29.4 Å². The van der Waals surface area contributed by atoms with Gasteiger partial charge in [0.1, 0.15) is 5.75 Å². The Bertz CT molecular complexity index is 644. The first-order valence-electron chi connectivity index (χ1n) is 6.65. The molecule has 0 bridgehead atoms. The SMILES string of the molecule is CCOc1ccccc1CNc1cc(C(N)=O)ccc1Cl. The highest BCUT2D eigenvalue weighted by atomic mass is 35.5. The smallest absolute Gasteiger partial charge is 0.248 e. The highest BCUT2D eigenvalue weighted by molar-refractivity contribution is 6.33. The molecular weight excluding hydrogens is 288 g/mol. The summed E-state index contributed by atoms with van der Waals surface area (Å²) in [5.74, 6) is 0.346. The first kappa shape index (κ1) is 15.2. The van der Waals surface area contributed by atoms with Crippen LogP contribution in [0.3, 0.4) is 0 Å². The number of ether oxygens (including phenoxy) is 1. The third kappa shape index (κ3) is 3.89. The topological polar surface area (TPSA) is 64.3 Å². The number of anilines is 1. The minimum absolute atomic E-state index is 0.417. The van der Waals surface area contributed by atoms with E-state index in [2.05, 4.69) is 5.32 Å². The number of para-hydroxylation sites is 1. The van der Waals surface area contributed by atoms with Crippen LogP contribution in [0, 0.1) is 0 Å². The summed E-state index contributed by atoms with van der Waals surface area (Å²) in [5, 5.41) is 3.74. The first-order valence-corrected chi connectivity index (χ1v) is 7.03. The molecule has 2 aromatic carbocycles. The molecule has 0 saturated heterocycles. The molecule has 0 aliphatic carbocycles. The highest BCUT2D eigenvalue weighted by Gasteiger charge is 2.07. The lowest BCUT2D eigenvalue weighted by Crippen LogP contribution is -2.11. The second kappa shape index (κ2) is 6.99. The molecule has 0 aliphatic rings. The van der Waals surface area contributed by atoms with Gasteiger partial charge in [-0.15, -0.1) is 0 Å². The van der Waals surface area contributed by atoms with Crippen molar-refractivity contribution >= 4 is 23.2 Å². The zero-order chi connectivity index (χ0) is 15.2. The Kier molecular flexibility index (Phi) is 5.06. The van der Waals surface area contributed by atoms with Gasteiger partial charge in [0.2, 0.25) is 5.91 Å². The van der Waals surface area contributed by atoms with Gasteiger partial charge in [-0.1, -0.05) is 29.8 Å². The molecule has 3 N–H and O–H groups in total. The van der Waals surface area contributed by atoms with Crippen LogP contribution >= 0.6 is 11.6 Å². The van der Waals surface area contributed by atoms with E-state index in [9.17, 15) is 4.79 Å². The molecule has 21 heavy (non-hydrogen) atoms. The zero-order valence-electron chi connectivity index (χ0n) is 11.7. The van der Waals surface area contributed by atoms with Crippen molar-refractivity contribution in [2.24, 2.45) is 5.73 Å². The van der Waals surface area contributed by atoms with Gasteiger partial charge in [0, 0.05) is 17.7 Å². The Morgan fingerprint density at radius 2 is 2.05 bits per heavy atom. The minimum atomic E-state index is -0.482. The van der Waals surface area contributed by atoms with Crippen LogP contribution in [-0.2, 0) is 6.54 Å². The van der Waals surface area contributed by atoms with Gasteiger partial charge in [0.05, 0.1) is 17.3 Å². The maximum atomic E-state index is 11.2. The van der Waals surface area contributed by atoms with Gasteiger partial charge in [-0.2, -0.15) is 0 Å². The molecule has 0 unspecified atom stereocenters. The summed E-state index contributed by atoms with van der Waals surface area (Å²) >= 11 is 6.12. The van der Waals surface area contributed by atoms with E-state index in [-0.39, 0.29) is 0 Å². The molecular formula is C16H17ClN2O2. The molecule has 0 saturated carbocycles. The van der Waals surface area contributed by atoms with Crippen LogP contribution in [-0.4, -0.2) is 12.5 Å². The molecule has 5 heteroatoms. The molecule has 2 rings (SSSR count). The van der Waals surface area contributed by atoms with Crippen molar-refractivity contribution in [3.05, 3.63) is 58.6 Å². The number of hydrogen-bond donors (Lipinski definition) is 2. The van der Waals surface area contributed by atoms with Crippen molar-refractivity contribution < 1.29 is 9.53 Å². The number of nitrogens with two attached hydrogens (primary N) is 1. The van der Waals surface area contributed by atoms with E-state index in [1.807, 2.05) is 31.2 Å². The van der Waals surface area contributed by atoms with Crippen LogP contribution in [0.2, 0.25) is 5.02 Å². The Balaban J connectivity index is 2.16. The fraction of sp³-hybridized carbons (Fsp3) is 0.188. The molecule has 2 aromatic rings. The third-order valence-electron chi connectivity index (χ3n) is 2.99. The first-order chi connectivity index (χ1) is 10.1. The van der Waals surface area contributed by atoms with Gasteiger partial charge < -0.3 is 15.8 Å². The van der Waals surface area contributed by atoms with Crippen molar-refractivity contribution in [3.8, 4) is 5.75 Å². The maximum absolute atomic E-state index is 11.2. The number of benzene rings is 2. The van der Waals surface area contributed by atoms with E-state index in [0.717, 1.165) is 11.3 Å². The van der Waals surface area contributed by atoms with E-state index < -0.39 is 5.91 Å².